The first-order valence-corrected chi connectivity index (χ1v) is 7.41. The molecule has 0 aromatic carbocycles. The van der Waals surface area contributed by atoms with E-state index in [1.54, 1.807) is 6.07 Å². The second-order valence-corrected chi connectivity index (χ2v) is 6.29. The van der Waals surface area contributed by atoms with E-state index in [-0.39, 0.29) is 0 Å². The normalized spacial score (nSPS) is 16.3. The molecule has 96 valence electrons. The molecule has 0 atom stereocenters. The van der Waals surface area contributed by atoms with E-state index in [4.69, 9.17) is 0 Å². The van der Waals surface area contributed by atoms with Crippen LogP contribution in [0.4, 0.5) is 0 Å². The predicted molar refractivity (Wildman–Crippen MR) is 66.1 cm³/mol. The maximum absolute atomic E-state index is 11.9. The molecule has 17 heavy (non-hydrogen) atoms. The first-order chi connectivity index (χ1) is 8.12. The van der Waals surface area contributed by atoms with Crippen molar-refractivity contribution < 1.29 is 8.42 Å². The first-order valence-electron chi connectivity index (χ1n) is 5.93. The van der Waals surface area contributed by atoms with Crippen LogP contribution in [0.2, 0.25) is 0 Å². The Morgan fingerprint density at radius 1 is 1.47 bits per heavy atom. The van der Waals surface area contributed by atoms with E-state index in [1.807, 2.05) is 7.05 Å². The summed E-state index contributed by atoms with van der Waals surface area (Å²) in [6.07, 6.45) is 4.98. The number of hydrogen-bond acceptors (Lipinski definition) is 3. The van der Waals surface area contributed by atoms with E-state index in [2.05, 4.69) is 15.0 Å². The lowest BCUT2D eigenvalue weighted by atomic mass is 10.3. The highest BCUT2D eigenvalue weighted by atomic mass is 32.2. The summed E-state index contributed by atoms with van der Waals surface area (Å²) < 4.78 is 26.4. The van der Waals surface area contributed by atoms with Crippen LogP contribution in [-0.2, 0) is 16.6 Å². The molecule has 2 rings (SSSR count). The fourth-order valence-corrected chi connectivity index (χ4v) is 2.82. The number of hydrogen-bond donors (Lipinski definition) is 3. The fraction of sp³-hybridized carbons (Fsp3) is 0.636. The Kier molecular flexibility index (Phi) is 3.86. The Hall–Kier alpha value is -0.850. The van der Waals surface area contributed by atoms with Gasteiger partial charge in [-0.1, -0.05) is 12.8 Å². The van der Waals surface area contributed by atoms with E-state index >= 15 is 0 Å². The molecular weight excluding hydrogens is 238 g/mol. The second kappa shape index (κ2) is 5.20. The summed E-state index contributed by atoms with van der Waals surface area (Å²) in [5, 5.41) is 2.97. The van der Waals surface area contributed by atoms with Crippen molar-refractivity contribution in [1.29, 1.82) is 0 Å². The number of aromatic amines is 1. The van der Waals surface area contributed by atoms with Gasteiger partial charge in [0, 0.05) is 25.0 Å². The van der Waals surface area contributed by atoms with Gasteiger partial charge in [-0.3, -0.25) is 0 Å². The minimum Gasteiger partial charge on any atom is -0.363 e. The molecule has 1 heterocycles. The number of H-pyrrole nitrogens is 1. The minimum atomic E-state index is -3.33. The molecule has 0 amide bonds. The van der Waals surface area contributed by atoms with Crippen molar-refractivity contribution in [2.45, 2.75) is 30.7 Å². The summed E-state index contributed by atoms with van der Waals surface area (Å²) in [5.74, 6) is 0.740. The second-order valence-electron chi connectivity index (χ2n) is 4.52. The van der Waals surface area contributed by atoms with Crippen molar-refractivity contribution in [2.24, 2.45) is 5.92 Å². The molecule has 0 unspecified atom stereocenters. The molecule has 6 heteroatoms. The Morgan fingerprint density at radius 2 is 2.24 bits per heavy atom. The van der Waals surface area contributed by atoms with E-state index < -0.39 is 10.0 Å². The Bertz CT molecular complexity index is 463. The number of sulfonamides is 1. The number of nitrogens with one attached hydrogen (secondary N) is 3. The smallest absolute Gasteiger partial charge is 0.242 e. The van der Waals surface area contributed by atoms with Crippen molar-refractivity contribution >= 4 is 10.0 Å². The first kappa shape index (κ1) is 12.6. The van der Waals surface area contributed by atoms with E-state index in [0.717, 1.165) is 18.0 Å². The van der Waals surface area contributed by atoms with Crippen LogP contribution in [0.3, 0.4) is 0 Å². The van der Waals surface area contributed by atoms with Gasteiger partial charge in [0.05, 0.1) is 4.90 Å². The Labute approximate surface area is 102 Å². The third-order valence-corrected chi connectivity index (χ3v) is 4.38. The Balaban J connectivity index is 1.92. The molecule has 1 saturated carbocycles. The van der Waals surface area contributed by atoms with Crippen LogP contribution in [0, 0.1) is 5.92 Å². The maximum atomic E-state index is 11.9. The maximum Gasteiger partial charge on any atom is 0.242 e. The van der Waals surface area contributed by atoms with Crippen LogP contribution in [0.1, 0.15) is 25.0 Å². The summed E-state index contributed by atoms with van der Waals surface area (Å²) in [5.41, 5.74) is 0.870. The predicted octanol–water partition coefficient (Wildman–Crippen LogP) is 0.812. The van der Waals surface area contributed by atoms with Gasteiger partial charge in [0.1, 0.15) is 0 Å². The summed E-state index contributed by atoms with van der Waals surface area (Å²) >= 11 is 0. The average Bonchev–Trinajstić information content (AvgIpc) is 2.96. The zero-order valence-corrected chi connectivity index (χ0v) is 10.8. The molecule has 1 aliphatic rings. The van der Waals surface area contributed by atoms with Crippen LogP contribution in [0.5, 0.6) is 0 Å². The lowest BCUT2D eigenvalue weighted by Gasteiger charge is -2.03. The highest BCUT2D eigenvalue weighted by Crippen LogP contribution is 2.31. The monoisotopic (exact) mass is 257 g/mol. The van der Waals surface area contributed by atoms with Crippen LogP contribution in [0.15, 0.2) is 17.2 Å². The lowest BCUT2D eigenvalue weighted by molar-refractivity contribution is 0.575. The third-order valence-electron chi connectivity index (χ3n) is 2.94. The molecule has 0 spiro atoms. The van der Waals surface area contributed by atoms with Gasteiger partial charge < -0.3 is 10.3 Å². The fourth-order valence-electron chi connectivity index (χ4n) is 1.75. The summed E-state index contributed by atoms with van der Waals surface area (Å²) in [6.45, 7) is 1.18. The van der Waals surface area contributed by atoms with E-state index in [9.17, 15) is 8.42 Å². The molecule has 5 nitrogen and oxygen atoms in total. The molecule has 1 aromatic rings. The highest BCUT2D eigenvalue weighted by molar-refractivity contribution is 7.89. The quantitative estimate of drug-likeness (QED) is 0.677. The van der Waals surface area contributed by atoms with Gasteiger partial charge in [0.2, 0.25) is 10.0 Å². The summed E-state index contributed by atoms with van der Waals surface area (Å²) in [4.78, 5) is 3.26. The van der Waals surface area contributed by atoms with Crippen molar-refractivity contribution in [3.8, 4) is 0 Å². The number of aromatic nitrogens is 1. The third kappa shape index (κ3) is 3.55. The number of rotatable bonds is 7. The van der Waals surface area contributed by atoms with Crippen LogP contribution < -0.4 is 10.0 Å². The van der Waals surface area contributed by atoms with Gasteiger partial charge in [0.15, 0.2) is 0 Å². The van der Waals surface area contributed by atoms with Crippen molar-refractivity contribution in [1.82, 2.24) is 15.0 Å². The molecule has 0 bridgehead atoms. The zero-order valence-electron chi connectivity index (χ0n) is 9.99. The van der Waals surface area contributed by atoms with Gasteiger partial charge in [-0.25, -0.2) is 13.1 Å². The van der Waals surface area contributed by atoms with E-state index in [1.165, 1.54) is 19.0 Å². The topological polar surface area (TPSA) is 74.0 Å². The summed E-state index contributed by atoms with van der Waals surface area (Å²) in [6, 6.07) is 1.66. The van der Waals surface area contributed by atoms with Crippen LogP contribution in [-0.4, -0.2) is 27.0 Å². The van der Waals surface area contributed by atoms with Crippen molar-refractivity contribution in [2.75, 3.05) is 13.6 Å². The molecule has 0 saturated heterocycles. The molecule has 0 aliphatic heterocycles. The van der Waals surface area contributed by atoms with Gasteiger partial charge in [0.25, 0.3) is 0 Å². The highest BCUT2D eigenvalue weighted by Gasteiger charge is 2.22. The standard InChI is InChI=1S/C11H19N3O2S/c1-12-7-10-6-11(8-13-10)17(15,16)14-5-4-9-2-3-9/h6,8-9,12-14H,2-5,7H2,1H3. The zero-order chi connectivity index (χ0) is 12.3. The Morgan fingerprint density at radius 3 is 2.88 bits per heavy atom. The van der Waals surface area contributed by atoms with Gasteiger partial charge in [-0.05, 0) is 25.5 Å². The van der Waals surface area contributed by atoms with Crippen molar-refractivity contribution in [3.63, 3.8) is 0 Å². The van der Waals surface area contributed by atoms with E-state index in [0.29, 0.717) is 18.0 Å². The molecule has 1 fully saturated rings. The molecule has 0 radical (unpaired) electrons. The molecular formula is C11H19N3O2S. The van der Waals surface area contributed by atoms with Gasteiger partial charge in [-0.2, -0.15) is 0 Å². The SMILES string of the molecule is CNCc1cc(S(=O)(=O)NCCC2CC2)c[nH]1. The van der Waals surface area contributed by atoms with Gasteiger partial charge in [-0.15, -0.1) is 0 Å². The summed E-state index contributed by atoms with van der Waals surface area (Å²) in [7, 11) is -1.51. The van der Waals surface area contributed by atoms with Crippen molar-refractivity contribution in [3.05, 3.63) is 18.0 Å². The molecule has 3 N–H and O–H groups in total. The molecule has 1 aromatic heterocycles. The van der Waals surface area contributed by atoms with Gasteiger partial charge >= 0.3 is 0 Å². The largest absolute Gasteiger partial charge is 0.363 e. The minimum absolute atomic E-state index is 0.318. The van der Waals surface area contributed by atoms with Crippen LogP contribution in [0.25, 0.3) is 0 Å². The average molecular weight is 257 g/mol. The van der Waals surface area contributed by atoms with Crippen LogP contribution >= 0.6 is 0 Å². The lowest BCUT2D eigenvalue weighted by Crippen LogP contribution is -2.24. The molecule has 1 aliphatic carbocycles.